The third kappa shape index (κ3) is 30.9. The predicted octanol–water partition coefficient (Wildman–Crippen LogP) is 14.5. The minimum atomic E-state index is 0. The summed E-state index contributed by atoms with van der Waals surface area (Å²) in [6.07, 6.45) is 29.4. The van der Waals surface area contributed by atoms with E-state index in [2.05, 4.69) is 0 Å². The van der Waals surface area contributed by atoms with Gasteiger partial charge in [0.05, 0.1) is 42.9 Å². The Morgan fingerprint density at radius 1 is 0.202 bits per heavy atom. The first-order chi connectivity index (χ1) is 43.5. The van der Waals surface area contributed by atoms with Crippen molar-refractivity contribution in [2.75, 3.05) is 98.9 Å². The summed E-state index contributed by atoms with van der Waals surface area (Å²) in [5, 5.41) is 77.1. The van der Waals surface area contributed by atoms with E-state index in [1.165, 1.54) is 0 Å². The number of rotatable bonds is 56. The Labute approximate surface area is 576 Å². The molecule has 0 atom stereocenters. The van der Waals surface area contributed by atoms with Gasteiger partial charge in [-0.2, -0.15) is 0 Å². The number of aliphatic hydroxyl groups excluding tert-OH is 8. The molecule has 8 N–H and O–H groups in total. The fraction of sp³-hybridized carbons (Fsp3) is 0.750. The van der Waals surface area contributed by atoms with E-state index in [9.17, 15) is 40.9 Å². The van der Waals surface area contributed by atoms with Crippen molar-refractivity contribution in [3.8, 4) is 0 Å². The smallest absolute Gasteiger partial charge is 0.396 e. The van der Waals surface area contributed by atoms with E-state index in [4.69, 9.17) is 39.9 Å². The zero-order chi connectivity index (χ0) is 62.5. The minimum absolute atomic E-state index is 0. The maximum absolute atomic E-state index is 9.64. The molecule has 2 aliphatic heterocycles. The van der Waals surface area contributed by atoms with Crippen molar-refractivity contribution in [2.45, 2.75) is 225 Å². The SMILES string of the molecule is OCCCCCCSC1=C(SCCCCCCO)c2nc1nc1[n-]c(nc3nc(nc4[n-]c(n2)c(SCCCCCCO)c4SCCCCCCO)C(SCCCCCCO)=C3SCCCCCCO)c(SCCCCCCO)c1SCCCCCCO.[Cu+2]. The molecule has 0 saturated carbocycles. The molecule has 5 rings (SSSR count). The number of aromatic nitrogens is 8. The molecule has 0 unspecified atom stereocenters. The third-order valence-electron chi connectivity index (χ3n) is 14.5. The van der Waals surface area contributed by atoms with Gasteiger partial charge in [-0.3, -0.25) is 0 Å². The van der Waals surface area contributed by atoms with Crippen LogP contribution in [0.3, 0.4) is 0 Å². The van der Waals surface area contributed by atoms with Crippen molar-refractivity contribution in [1.29, 1.82) is 0 Å². The second-order valence-corrected chi connectivity index (χ2v) is 30.8. The summed E-state index contributed by atoms with van der Waals surface area (Å²) >= 11 is 14.1. The van der Waals surface area contributed by atoms with Crippen LogP contribution in [0.15, 0.2) is 19.6 Å². The Bertz CT molecular complexity index is 2270. The summed E-state index contributed by atoms with van der Waals surface area (Å²) in [5.41, 5.74) is 2.28. The van der Waals surface area contributed by atoms with E-state index in [-0.39, 0.29) is 69.9 Å². The Morgan fingerprint density at radius 2 is 0.360 bits per heavy atom. The normalized spacial score (nSPS) is 12.6. The average Bonchev–Trinajstić information content (AvgIpc) is 2.01. The number of nitrogens with zero attached hydrogens (tertiary/aromatic N) is 8. The van der Waals surface area contributed by atoms with E-state index >= 15 is 0 Å². The van der Waals surface area contributed by atoms with Crippen molar-refractivity contribution < 1.29 is 57.9 Å². The number of hydrogen-bond acceptors (Lipinski definition) is 22. The van der Waals surface area contributed by atoms with Crippen LogP contribution in [-0.2, 0) is 17.1 Å². The Balaban J connectivity index is 0.0000169. The van der Waals surface area contributed by atoms with Crippen molar-refractivity contribution in [3.63, 3.8) is 0 Å². The molecular weight excluding hydrogens is 1330 g/mol. The van der Waals surface area contributed by atoms with Gasteiger partial charge in [0.1, 0.15) is 0 Å². The van der Waals surface area contributed by atoms with Crippen molar-refractivity contribution >= 4 is 136 Å². The van der Waals surface area contributed by atoms with E-state index in [0.29, 0.717) is 45.9 Å². The molecule has 89 heavy (non-hydrogen) atoms. The van der Waals surface area contributed by atoms with Gasteiger partial charge in [0.25, 0.3) is 0 Å². The van der Waals surface area contributed by atoms with Crippen molar-refractivity contribution in [3.05, 3.63) is 23.3 Å². The molecule has 16 nitrogen and oxygen atoms in total. The van der Waals surface area contributed by atoms with E-state index in [0.717, 1.165) is 291 Å². The average molecular weight is 1430 g/mol. The van der Waals surface area contributed by atoms with Crippen molar-refractivity contribution in [2.24, 2.45) is 0 Å². The fourth-order valence-corrected chi connectivity index (χ4v) is 19.0. The van der Waals surface area contributed by atoms with Gasteiger partial charge in [0, 0.05) is 95.0 Å². The summed E-state index contributed by atoms with van der Waals surface area (Å²) in [7, 11) is 0. The van der Waals surface area contributed by atoms with Gasteiger partial charge in [0.2, 0.25) is 0 Å². The fourth-order valence-electron chi connectivity index (χ4n) is 9.60. The first-order valence-electron chi connectivity index (χ1n) is 33.0. The number of aliphatic hydroxyl groups is 8. The first kappa shape index (κ1) is 80.8. The summed E-state index contributed by atoms with van der Waals surface area (Å²) in [6, 6.07) is 0. The number of hydrogen-bond donors (Lipinski definition) is 8. The zero-order valence-corrected chi connectivity index (χ0v) is 60.1. The molecule has 3 aromatic heterocycles. The largest absolute Gasteiger partial charge is 2.00 e. The maximum atomic E-state index is 9.64. The monoisotopic (exact) mass is 1430 g/mol. The van der Waals surface area contributed by atoms with Crippen LogP contribution in [0.4, 0.5) is 0 Å². The van der Waals surface area contributed by atoms with Crippen LogP contribution in [0, 0.1) is 0 Å². The van der Waals surface area contributed by atoms with E-state index < -0.39 is 0 Å². The Hall–Kier alpha value is -0.681. The standard InChI is InChI=1S/C64H104N8O8S8.Cu/c73-33-17-1-9-25-41-81-49-50(82-42-26-10-2-18-34-74)58-65-57(49)69-59-51(83-43-27-11-3-19-35-75)52(84-44-28-12-4-20-36-76)61(66-59)71-63-55(87-47-31-15-7-23-39-79)56(88-48-32-16-8-24-40-80)64(68-63)72-62-54(86-46-30-14-6-22-38-78)53(60(67-62)70-58)85-45-29-13-5-21-37-77;/h73-80H,1-48H2;/q-2;+2. The number of unbranched alkanes of at least 4 members (excludes halogenated alkanes) is 24. The molecule has 0 spiro atoms. The van der Waals surface area contributed by atoms with Gasteiger partial charge in [-0.15, -0.1) is 94.1 Å². The molecule has 3 aromatic rings. The van der Waals surface area contributed by atoms with Gasteiger partial charge in [0.15, 0.2) is 0 Å². The summed E-state index contributed by atoms with van der Waals surface area (Å²) < 4.78 is 0. The quantitative estimate of drug-likeness (QED) is 0.0148. The molecule has 8 bridgehead atoms. The molecule has 1 radical (unpaired) electrons. The first-order valence-corrected chi connectivity index (χ1v) is 40.9. The predicted molar refractivity (Wildman–Crippen MR) is 381 cm³/mol. The molecule has 5 heterocycles. The molecule has 0 aromatic carbocycles. The van der Waals surface area contributed by atoms with E-state index in [1.807, 2.05) is 0 Å². The van der Waals surface area contributed by atoms with Crippen LogP contribution < -0.4 is 9.97 Å². The van der Waals surface area contributed by atoms with Crippen LogP contribution in [0.1, 0.15) is 229 Å². The van der Waals surface area contributed by atoms with Crippen LogP contribution in [0.5, 0.6) is 0 Å². The maximum Gasteiger partial charge on any atom is 2.00 e. The molecule has 0 saturated heterocycles. The van der Waals surface area contributed by atoms with Gasteiger partial charge in [-0.05, 0) is 149 Å². The van der Waals surface area contributed by atoms with Gasteiger partial charge >= 0.3 is 17.1 Å². The second-order valence-electron chi connectivity index (χ2n) is 22.0. The van der Waals surface area contributed by atoms with Crippen LogP contribution in [0.2, 0.25) is 0 Å². The molecule has 25 heteroatoms. The Morgan fingerprint density at radius 3 is 0.528 bits per heavy atom. The van der Waals surface area contributed by atoms with Crippen molar-refractivity contribution in [1.82, 2.24) is 39.9 Å². The minimum Gasteiger partial charge on any atom is -0.396 e. The summed E-state index contributed by atoms with van der Waals surface area (Å²) in [5.74, 6) is 8.90. The number of fused-ring (bicyclic) bond motifs is 8. The molecule has 507 valence electrons. The molecule has 0 aliphatic carbocycles. The third-order valence-corrected chi connectivity index (χ3v) is 24.4. The Kier molecular flexibility index (Phi) is 47.6. The molecule has 0 amide bonds. The zero-order valence-electron chi connectivity index (χ0n) is 52.7. The summed E-state index contributed by atoms with van der Waals surface area (Å²) in [4.78, 5) is 52.1. The molecule has 0 fully saturated rings. The number of thioether (sulfide) groups is 8. The van der Waals surface area contributed by atoms with E-state index in [1.54, 1.807) is 94.1 Å². The second kappa shape index (κ2) is 52.5. The van der Waals surface area contributed by atoms with Gasteiger partial charge in [-0.1, -0.05) is 103 Å². The van der Waals surface area contributed by atoms with Gasteiger partial charge < -0.3 is 70.8 Å². The molecular formula is C64H104CuN8O8S8. The van der Waals surface area contributed by atoms with Crippen LogP contribution in [-0.4, -0.2) is 170 Å². The summed E-state index contributed by atoms with van der Waals surface area (Å²) in [6.45, 7) is 1.46. The van der Waals surface area contributed by atoms with Crippen LogP contribution >= 0.6 is 94.1 Å². The topological polar surface area (TPSA) is 267 Å². The van der Waals surface area contributed by atoms with Gasteiger partial charge in [-0.25, -0.2) is 9.97 Å². The van der Waals surface area contributed by atoms with Crippen LogP contribution in [0.25, 0.3) is 42.2 Å². The molecule has 2 aliphatic rings.